The Labute approximate surface area is 118 Å². The maximum atomic E-state index is 5.32. The third-order valence-corrected chi connectivity index (χ3v) is 2.74. The second kappa shape index (κ2) is 6.87. The molecule has 19 heavy (non-hydrogen) atoms. The van der Waals surface area contributed by atoms with Gasteiger partial charge in [0, 0.05) is 5.69 Å². The molecule has 0 heterocycles. The Balaban J connectivity index is 1.74. The highest BCUT2D eigenvalue weighted by molar-refractivity contribution is 7.80. The molecule has 98 valence electrons. The van der Waals surface area contributed by atoms with Gasteiger partial charge in [0.2, 0.25) is 0 Å². The van der Waals surface area contributed by atoms with Crippen molar-refractivity contribution in [3.8, 4) is 0 Å². The van der Waals surface area contributed by atoms with Crippen molar-refractivity contribution in [2.24, 2.45) is 0 Å². The molecule has 0 amide bonds. The van der Waals surface area contributed by atoms with Crippen molar-refractivity contribution in [2.75, 3.05) is 5.32 Å². The first-order valence-corrected chi connectivity index (χ1v) is 6.44. The molecule has 0 aromatic heterocycles. The summed E-state index contributed by atoms with van der Waals surface area (Å²) in [4.78, 5) is 5.32. The standard InChI is InChI=1S/C15H16N2OS/c1-12-7-9-14(10-8-12)16-15(19)17-18-11-13-5-3-2-4-6-13/h2-10H,11H2,1H3,(H2,16,17,19). The highest BCUT2D eigenvalue weighted by atomic mass is 32.1. The van der Waals surface area contributed by atoms with Gasteiger partial charge in [0.25, 0.3) is 0 Å². The summed E-state index contributed by atoms with van der Waals surface area (Å²) in [7, 11) is 0. The third-order valence-electron chi connectivity index (χ3n) is 2.56. The number of anilines is 1. The molecule has 0 saturated heterocycles. The average molecular weight is 272 g/mol. The van der Waals surface area contributed by atoms with E-state index in [0.717, 1.165) is 11.3 Å². The Morgan fingerprint density at radius 3 is 2.42 bits per heavy atom. The lowest BCUT2D eigenvalue weighted by atomic mass is 10.2. The zero-order valence-corrected chi connectivity index (χ0v) is 11.5. The molecule has 0 aliphatic heterocycles. The van der Waals surface area contributed by atoms with Crippen molar-refractivity contribution in [1.82, 2.24) is 5.48 Å². The van der Waals surface area contributed by atoms with E-state index in [1.54, 1.807) is 0 Å². The van der Waals surface area contributed by atoms with Gasteiger partial charge in [-0.05, 0) is 36.8 Å². The van der Waals surface area contributed by atoms with Crippen LogP contribution in [0.4, 0.5) is 5.69 Å². The van der Waals surface area contributed by atoms with Crippen molar-refractivity contribution in [3.05, 3.63) is 65.7 Å². The summed E-state index contributed by atoms with van der Waals surface area (Å²) in [6, 6.07) is 17.9. The Morgan fingerprint density at radius 2 is 1.74 bits per heavy atom. The Hall–Kier alpha value is -1.91. The van der Waals surface area contributed by atoms with Gasteiger partial charge in [-0.25, -0.2) is 5.48 Å². The van der Waals surface area contributed by atoms with Crippen molar-refractivity contribution in [3.63, 3.8) is 0 Å². The quantitative estimate of drug-likeness (QED) is 0.660. The van der Waals surface area contributed by atoms with Crippen LogP contribution in [-0.4, -0.2) is 5.11 Å². The number of thiocarbonyl (C=S) groups is 1. The van der Waals surface area contributed by atoms with Crippen LogP contribution in [0.2, 0.25) is 0 Å². The smallest absolute Gasteiger partial charge is 0.195 e. The fraction of sp³-hybridized carbons (Fsp3) is 0.133. The van der Waals surface area contributed by atoms with Gasteiger partial charge in [-0.15, -0.1) is 0 Å². The van der Waals surface area contributed by atoms with Gasteiger partial charge in [0.05, 0.1) is 6.61 Å². The highest BCUT2D eigenvalue weighted by Crippen LogP contribution is 2.08. The molecule has 3 nitrogen and oxygen atoms in total. The average Bonchev–Trinajstić information content (AvgIpc) is 2.43. The summed E-state index contributed by atoms with van der Waals surface area (Å²) in [5.41, 5.74) is 5.95. The number of rotatable bonds is 4. The number of hydroxylamine groups is 1. The molecule has 2 N–H and O–H groups in total. The van der Waals surface area contributed by atoms with Gasteiger partial charge in [-0.1, -0.05) is 48.0 Å². The topological polar surface area (TPSA) is 33.3 Å². The molecule has 4 heteroatoms. The summed E-state index contributed by atoms with van der Waals surface area (Å²) in [5, 5.41) is 3.49. The lowest BCUT2D eigenvalue weighted by molar-refractivity contribution is 0.0728. The molecule has 0 bridgehead atoms. The molecule has 0 unspecified atom stereocenters. The first kappa shape index (κ1) is 13.5. The zero-order chi connectivity index (χ0) is 13.5. The number of aryl methyl sites for hydroxylation is 1. The van der Waals surface area contributed by atoms with Crippen molar-refractivity contribution < 1.29 is 4.84 Å². The van der Waals surface area contributed by atoms with Crippen LogP contribution in [0.15, 0.2) is 54.6 Å². The van der Waals surface area contributed by atoms with Crippen LogP contribution in [0, 0.1) is 6.92 Å². The van der Waals surface area contributed by atoms with E-state index in [2.05, 4.69) is 10.8 Å². The van der Waals surface area contributed by atoms with Gasteiger partial charge in [0.15, 0.2) is 5.11 Å². The summed E-state index contributed by atoms with van der Waals surface area (Å²) in [6.45, 7) is 2.51. The van der Waals surface area contributed by atoms with E-state index in [9.17, 15) is 0 Å². The lowest BCUT2D eigenvalue weighted by Gasteiger charge is -2.10. The second-order valence-electron chi connectivity index (χ2n) is 4.20. The summed E-state index contributed by atoms with van der Waals surface area (Å²) < 4.78 is 0. The summed E-state index contributed by atoms with van der Waals surface area (Å²) in [6.07, 6.45) is 0. The predicted molar refractivity (Wildman–Crippen MR) is 81.8 cm³/mol. The van der Waals surface area contributed by atoms with E-state index in [4.69, 9.17) is 17.1 Å². The largest absolute Gasteiger partial charge is 0.331 e. The fourth-order valence-corrected chi connectivity index (χ4v) is 1.73. The molecule has 2 aromatic carbocycles. The Morgan fingerprint density at radius 1 is 1.05 bits per heavy atom. The molecule has 0 aliphatic carbocycles. The molecule has 0 fully saturated rings. The van der Waals surface area contributed by atoms with Crippen LogP contribution in [0.3, 0.4) is 0 Å². The molecule has 2 rings (SSSR count). The van der Waals surface area contributed by atoms with E-state index in [1.807, 2.05) is 61.5 Å². The minimum Gasteiger partial charge on any atom is -0.331 e. The fourth-order valence-electron chi connectivity index (χ4n) is 1.55. The molecule has 0 radical (unpaired) electrons. The van der Waals surface area contributed by atoms with Gasteiger partial charge < -0.3 is 5.32 Å². The molecule has 2 aromatic rings. The molecule has 0 aliphatic rings. The minimum atomic E-state index is 0.444. The SMILES string of the molecule is Cc1ccc(NC(=S)NOCc2ccccc2)cc1. The van der Waals surface area contributed by atoms with Gasteiger partial charge in [0.1, 0.15) is 0 Å². The van der Waals surface area contributed by atoms with Crippen LogP contribution in [0.1, 0.15) is 11.1 Å². The van der Waals surface area contributed by atoms with E-state index < -0.39 is 0 Å². The van der Waals surface area contributed by atoms with Gasteiger partial charge in [-0.2, -0.15) is 0 Å². The zero-order valence-electron chi connectivity index (χ0n) is 10.7. The van der Waals surface area contributed by atoms with Gasteiger partial charge in [-0.3, -0.25) is 4.84 Å². The number of nitrogens with one attached hydrogen (secondary N) is 2. The van der Waals surface area contributed by atoms with Gasteiger partial charge >= 0.3 is 0 Å². The number of benzene rings is 2. The minimum absolute atomic E-state index is 0.444. The third kappa shape index (κ3) is 4.69. The van der Waals surface area contributed by atoms with Crippen molar-refractivity contribution in [2.45, 2.75) is 13.5 Å². The number of hydrogen-bond acceptors (Lipinski definition) is 2. The van der Waals surface area contributed by atoms with Crippen LogP contribution >= 0.6 is 12.2 Å². The van der Waals surface area contributed by atoms with E-state index in [-0.39, 0.29) is 0 Å². The van der Waals surface area contributed by atoms with Crippen LogP contribution in [0.25, 0.3) is 0 Å². The lowest BCUT2D eigenvalue weighted by Crippen LogP contribution is -2.28. The predicted octanol–water partition coefficient (Wildman–Crippen LogP) is 3.41. The molecular formula is C15H16N2OS. The first-order valence-electron chi connectivity index (χ1n) is 6.03. The Bertz CT molecular complexity index is 526. The van der Waals surface area contributed by atoms with Crippen molar-refractivity contribution >= 4 is 23.0 Å². The maximum absolute atomic E-state index is 5.32. The summed E-state index contributed by atoms with van der Waals surface area (Å²) in [5.74, 6) is 0. The van der Waals surface area contributed by atoms with E-state index >= 15 is 0 Å². The van der Waals surface area contributed by atoms with Crippen LogP contribution in [0.5, 0.6) is 0 Å². The molecule has 0 spiro atoms. The normalized spacial score (nSPS) is 9.95. The second-order valence-corrected chi connectivity index (χ2v) is 4.60. The Kier molecular flexibility index (Phi) is 4.89. The summed E-state index contributed by atoms with van der Waals surface area (Å²) >= 11 is 5.14. The van der Waals surface area contributed by atoms with E-state index in [1.165, 1.54) is 5.56 Å². The number of hydrogen-bond donors (Lipinski definition) is 2. The van der Waals surface area contributed by atoms with Crippen LogP contribution < -0.4 is 10.8 Å². The molecular weight excluding hydrogens is 256 g/mol. The maximum Gasteiger partial charge on any atom is 0.195 e. The van der Waals surface area contributed by atoms with Crippen molar-refractivity contribution in [1.29, 1.82) is 0 Å². The monoisotopic (exact) mass is 272 g/mol. The van der Waals surface area contributed by atoms with Crippen LogP contribution in [-0.2, 0) is 11.4 Å². The highest BCUT2D eigenvalue weighted by Gasteiger charge is 1.97. The molecule has 0 atom stereocenters. The van der Waals surface area contributed by atoms with E-state index in [0.29, 0.717) is 11.7 Å². The first-order chi connectivity index (χ1) is 9.24. The molecule has 0 saturated carbocycles.